The van der Waals surface area contributed by atoms with E-state index >= 15 is 0 Å². The summed E-state index contributed by atoms with van der Waals surface area (Å²) in [5.74, 6) is -7.26. The van der Waals surface area contributed by atoms with Crippen LogP contribution < -0.4 is 0 Å². The minimum absolute atomic E-state index is 0.106. The molecule has 10 atom stereocenters. The smallest absolute Gasteiger partial charge is 0.341 e. The molecule has 2 aliphatic rings. The molecule has 3 aromatic rings. The number of carbonyl (C=O) groups is 5. The molecule has 0 amide bonds. The standard InChI is InChI=1S/C40H42F2O16/c1-21(44)50-20-30-32(52-22(2)45)34(53-23(3)46)36(57-38(48)27-17-26(41)15-16-28(27)42)40(55-30)58-33-31(51-19-24-11-7-5-8-12-24)29(18-43)54-39(49-4)35(33)56-37(47)25-13-9-6-10-14-25/h5-17,29-36,39-40,43H,18-20H2,1-4H3/t29-,30-,31-,32+,33+,34+,35-,36-,39+,40+/m1/s1. The van der Waals surface area contributed by atoms with E-state index in [1.54, 1.807) is 48.5 Å². The summed E-state index contributed by atoms with van der Waals surface area (Å²) in [4.78, 5) is 64.3. The fourth-order valence-electron chi connectivity index (χ4n) is 6.33. The summed E-state index contributed by atoms with van der Waals surface area (Å²) in [6.45, 7) is 1.65. The molecule has 3 aromatic carbocycles. The van der Waals surface area contributed by atoms with Gasteiger partial charge in [0, 0.05) is 27.9 Å². The Bertz CT molecular complexity index is 1880. The predicted molar refractivity (Wildman–Crippen MR) is 190 cm³/mol. The number of aliphatic hydroxyl groups excluding tert-OH is 1. The van der Waals surface area contributed by atoms with Crippen molar-refractivity contribution in [2.75, 3.05) is 20.3 Å². The van der Waals surface area contributed by atoms with Gasteiger partial charge in [0.2, 0.25) is 0 Å². The Morgan fingerprint density at radius 1 is 0.655 bits per heavy atom. The molecule has 0 unspecified atom stereocenters. The summed E-state index contributed by atoms with van der Waals surface area (Å²) in [5, 5.41) is 10.6. The second-order valence-electron chi connectivity index (χ2n) is 13.0. The molecule has 1 N–H and O–H groups in total. The molecule has 2 heterocycles. The van der Waals surface area contributed by atoms with Crippen molar-refractivity contribution in [2.24, 2.45) is 0 Å². The fraction of sp³-hybridized carbons (Fsp3) is 0.425. The first-order valence-electron chi connectivity index (χ1n) is 17.9. The summed E-state index contributed by atoms with van der Waals surface area (Å²) in [5.41, 5.74) is -0.0976. The van der Waals surface area contributed by atoms with Gasteiger partial charge >= 0.3 is 29.8 Å². The summed E-state index contributed by atoms with van der Waals surface area (Å²) < 4.78 is 87.7. The van der Waals surface area contributed by atoms with E-state index in [4.69, 9.17) is 47.4 Å². The van der Waals surface area contributed by atoms with E-state index in [1.165, 1.54) is 19.2 Å². The lowest BCUT2D eigenvalue weighted by molar-refractivity contribution is -0.361. The largest absolute Gasteiger partial charge is 0.463 e. The third kappa shape index (κ3) is 11.2. The van der Waals surface area contributed by atoms with E-state index in [1.807, 2.05) is 0 Å². The van der Waals surface area contributed by atoms with E-state index in [2.05, 4.69) is 0 Å². The Hall–Kier alpha value is -5.37. The maximum Gasteiger partial charge on any atom is 0.341 e. The van der Waals surface area contributed by atoms with Gasteiger partial charge in [0.25, 0.3) is 0 Å². The summed E-state index contributed by atoms with van der Waals surface area (Å²) in [7, 11) is 1.23. The van der Waals surface area contributed by atoms with E-state index < -0.39 is 122 Å². The average Bonchev–Trinajstić information content (AvgIpc) is 3.20. The molecule has 0 spiro atoms. The molecule has 2 aliphatic heterocycles. The van der Waals surface area contributed by atoms with Crippen molar-refractivity contribution < 1.29 is 85.2 Å². The molecule has 312 valence electrons. The molecule has 58 heavy (non-hydrogen) atoms. The number of halogens is 2. The first-order chi connectivity index (χ1) is 27.8. The molecular formula is C40H42F2O16. The van der Waals surface area contributed by atoms with Gasteiger partial charge < -0.3 is 52.5 Å². The number of aliphatic hydroxyl groups is 1. The van der Waals surface area contributed by atoms with Crippen LogP contribution >= 0.6 is 0 Å². The quantitative estimate of drug-likeness (QED) is 0.173. The van der Waals surface area contributed by atoms with Gasteiger partial charge in [-0.3, -0.25) is 14.4 Å². The number of carbonyl (C=O) groups excluding carboxylic acids is 5. The SMILES string of the molecule is CO[C@H]1O[C@H](CO)[C@@H](OCc2ccccc2)[C@H](O[C@@H]2O[C@H](COC(C)=O)[C@H](OC(C)=O)[C@H](OC(C)=O)[C@H]2OC(=O)c2cc(F)ccc2F)[C@H]1OC(=O)c1ccccc1. The maximum atomic E-state index is 14.9. The molecule has 2 fully saturated rings. The summed E-state index contributed by atoms with van der Waals surface area (Å²) in [6, 6.07) is 18.6. The highest BCUT2D eigenvalue weighted by Crippen LogP contribution is 2.36. The zero-order chi connectivity index (χ0) is 41.9. The number of hydrogen-bond donors (Lipinski definition) is 1. The fourth-order valence-corrected chi connectivity index (χ4v) is 6.33. The number of esters is 5. The third-order valence-electron chi connectivity index (χ3n) is 8.87. The van der Waals surface area contributed by atoms with Gasteiger partial charge in [0.15, 0.2) is 37.0 Å². The van der Waals surface area contributed by atoms with Gasteiger partial charge in [0.05, 0.1) is 24.3 Å². The second-order valence-corrected chi connectivity index (χ2v) is 13.0. The van der Waals surface area contributed by atoms with Crippen LogP contribution in [0, 0.1) is 11.6 Å². The summed E-state index contributed by atoms with van der Waals surface area (Å²) >= 11 is 0. The van der Waals surface area contributed by atoms with E-state index in [0.717, 1.165) is 26.8 Å². The molecule has 2 saturated heterocycles. The number of benzene rings is 3. The maximum absolute atomic E-state index is 14.9. The first-order valence-corrected chi connectivity index (χ1v) is 17.9. The Labute approximate surface area is 331 Å². The minimum Gasteiger partial charge on any atom is -0.463 e. The lowest BCUT2D eigenvalue weighted by Crippen LogP contribution is -2.67. The van der Waals surface area contributed by atoms with E-state index in [0.29, 0.717) is 17.7 Å². The molecule has 0 radical (unpaired) electrons. The van der Waals surface area contributed by atoms with E-state index in [-0.39, 0.29) is 12.2 Å². The van der Waals surface area contributed by atoms with Crippen LogP contribution in [0.1, 0.15) is 47.1 Å². The average molecular weight is 817 g/mol. The molecule has 18 heteroatoms. The second kappa shape index (κ2) is 20.4. The molecular weight excluding hydrogens is 774 g/mol. The van der Waals surface area contributed by atoms with Crippen LogP contribution in [0.2, 0.25) is 0 Å². The van der Waals surface area contributed by atoms with Crippen molar-refractivity contribution in [3.8, 4) is 0 Å². The molecule has 0 aliphatic carbocycles. The zero-order valence-corrected chi connectivity index (χ0v) is 31.7. The van der Waals surface area contributed by atoms with Crippen molar-refractivity contribution in [3.05, 3.63) is 107 Å². The normalized spacial score (nSPS) is 26.8. The highest BCUT2D eigenvalue weighted by molar-refractivity contribution is 5.90. The lowest BCUT2D eigenvalue weighted by Gasteiger charge is -2.49. The van der Waals surface area contributed by atoms with Crippen molar-refractivity contribution in [1.29, 1.82) is 0 Å². The minimum atomic E-state index is -1.99. The Morgan fingerprint density at radius 2 is 1.26 bits per heavy atom. The van der Waals surface area contributed by atoms with Crippen molar-refractivity contribution in [2.45, 2.75) is 88.8 Å². The molecule has 0 bridgehead atoms. The predicted octanol–water partition coefficient (Wildman–Crippen LogP) is 3.20. The van der Waals surface area contributed by atoms with Gasteiger partial charge in [-0.2, -0.15) is 0 Å². The molecule has 0 saturated carbocycles. The van der Waals surface area contributed by atoms with Crippen LogP contribution in [-0.2, 0) is 68.4 Å². The zero-order valence-electron chi connectivity index (χ0n) is 31.7. The van der Waals surface area contributed by atoms with Crippen molar-refractivity contribution in [1.82, 2.24) is 0 Å². The van der Waals surface area contributed by atoms with Gasteiger partial charge in [0.1, 0.15) is 42.7 Å². The Balaban J connectivity index is 1.64. The van der Waals surface area contributed by atoms with Crippen LogP contribution in [0.25, 0.3) is 0 Å². The monoisotopic (exact) mass is 816 g/mol. The number of rotatable bonds is 15. The number of methoxy groups -OCH3 is 1. The van der Waals surface area contributed by atoms with Gasteiger partial charge in [-0.1, -0.05) is 48.5 Å². The van der Waals surface area contributed by atoms with Gasteiger partial charge in [-0.05, 0) is 35.9 Å². The molecule has 0 aromatic heterocycles. The lowest BCUT2D eigenvalue weighted by atomic mass is 9.95. The number of ether oxygens (including phenoxy) is 10. The number of hydrogen-bond acceptors (Lipinski definition) is 16. The first kappa shape index (κ1) is 43.7. The van der Waals surface area contributed by atoms with Crippen LogP contribution in [0.5, 0.6) is 0 Å². The van der Waals surface area contributed by atoms with Gasteiger partial charge in [-0.25, -0.2) is 18.4 Å². The Morgan fingerprint density at radius 3 is 1.88 bits per heavy atom. The molecule has 16 nitrogen and oxygen atoms in total. The van der Waals surface area contributed by atoms with Crippen LogP contribution in [-0.4, -0.2) is 117 Å². The molecule has 5 rings (SSSR count). The van der Waals surface area contributed by atoms with Crippen molar-refractivity contribution >= 4 is 29.8 Å². The Kier molecular flexibility index (Phi) is 15.4. The topological polar surface area (TPSA) is 198 Å². The van der Waals surface area contributed by atoms with E-state index in [9.17, 15) is 37.9 Å². The highest BCUT2D eigenvalue weighted by atomic mass is 19.1. The van der Waals surface area contributed by atoms with Gasteiger partial charge in [-0.15, -0.1) is 0 Å². The van der Waals surface area contributed by atoms with Crippen LogP contribution in [0.3, 0.4) is 0 Å². The third-order valence-corrected chi connectivity index (χ3v) is 8.87. The summed E-state index contributed by atoms with van der Waals surface area (Å²) in [6.07, 6.45) is -16.2. The van der Waals surface area contributed by atoms with Crippen LogP contribution in [0.15, 0.2) is 78.9 Å². The highest BCUT2D eigenvalue weighted by Gasteiger charge is 2.57. The van der Waals surface area contributed by atoms with Crippen LogP contribution in [0.4, 0.5) is 8.78 Å². The van der Waals surface area contributed by atoms with Crippen molar-refractivity contribution in [3.63, 3.8) is 0 Å².